The molecule has 1 saturated heterocycles. The predicted molar refractivity (Wildman–Crippen MR) is 67.9 cm³/mol. The van der Waals surface area contributed by atoms with Gasteiger partial charge in [-0.15, -0.1) is 0 Å². The molecule has 1 aromatic carbocycles. The average molecular weight is 247 g/mol. The average Bonchev–Trinajstić information content (AvgIpc) is 2.63. The van der Waals surface area contributed by atoms with Crippen LogP contribution in [0, 0.1) is 0 Å². The number of methoxy groups -OCH3 is 1. The first kappa shape index (κ1) is 11.5. The second-order valence-corrected chi connectivity index (χ2v) is 5.05. The molecule has 1 aromatic rings. The minimum atomic E-state index is -0.429. The van der Waals surface area contributed by atoms with Crippen LogP contribution in [0.25, 0.3) is 0 Å². The van der Waals surface area contributed by atoms with Gasteiger partial charge < -0.3 is 14.8 Å². The lowest BCUT2D eigenvalue weighted by Crippen LogP contribution is -2.42. The van der Waals surface area contributed by atoms with Crippen LogP contribution in [0.2, 0.25) is 0 Å². The third-order valence-electron chi connectivity index (χ3n) is 4.00. The summed E-state index contributed by atoms with van der Waals surface area (Å²) in [4.78, 5) is 12.4. The van der Waals surface area contributed by atoms with Crippen LogP contribution >= 0.6 is 0 Å². The molecule has 2 unspecified atom stereocenters. The number of carbonyl (C=O) groups excluding carboxylic acids is 1. The van der Waals surface area contributed by atoms with Gasteiger partial charge in [-0.3, -0.25) is 4.79 Å². The third-order valence-corrected chi connectivity index (χ3v) is 4.00. The van der Waals surface area contributed by atoms with Crippen molar-refractivity contribution in [3.8, 4) is 5.75 Å². The van der Waals surface area contributed by atoms with E-state index in [2.05, 4.69) is 5.32 Å². The van der Waals surface area contributed by atoms with E-state index < -0.39 is 5.41 Å². The summed E-state index contributed by atoms with van der Waals surface area (Å²) in [5, 5.41) is 2.98. The molecular weight excluding hydrogens is 230 g/mol. The number of fused-ring (bicyclic) bond motifs is 2. The maximum atomic E-state index is 12.4. The van der Waals surface area contributed by atoms with Gasteiger partial charge in [0.2, 0.25) is 5.91 Å². The van der Waals surface area contributed by atoms with Gasteiger partial charge in [-0.1, -0.05) is 12.1 Å². The molecule has 0 bridgehead atoms. The number of rotatable bonds is 1. The van der Waals surface area contributed by atoms with Crippen LogP contribution in [0.1, 0.15) is 25.3 Å². The Balaban J connectivity index is 2.11. The molecular formula is C14H17NO3. The van der Waals surface area contributed by atoms with Gasteiger partial charge in [0, 0.05) is 6.61 Å². The SMILES string of the molecule is COc1cccc2c1NC(=O)C21CCOC(C)C1. The predicted octanol–water partition coefficient (Wildman–Crippen LogP) is 2.08. The van der Waals surface area contributed by atoms with Crippen LogP contribution in [-0.2, 0) is 14.9 Å². The molecule has 4 heteroatoms. The Morgan fingerprint density at radius 1 is 1.50 bits per heavy atom. The normalized spacial score (nSPS) is 30.1. The van der Waals surface area contributed by atoms with E-state index in [-0.39, 0.29) is 12.0 Å². The fourth-order valence-corrected chi connectivity index (χ4v) is 3.12. The highest BCUT2D eigenvalue weighted by atomic mass is 16.5. The Morgan fingerprint density at radius 2 is 2.33 bits per heavy atom. The van der Waals surface area contributed by atoms with Crippen LogP contribution in [0.4, 0.5) is 5.69 Å². The lowest BCUT2D eigenvalue weighted by molar-refractivity contribution is -0.126. The molecule has 2 atom stereocenters. The fourth-order valence-electron chi connectivity index (χ4n) is 3.12. The van der Waals surface area contributed by atoms with E-state index in [9.17, 15) is 4.79 Å². The van der Waals surface area contributed by atoms with Crippen LogP contribution < -0.4 is 10.1 Å². The molecule has 2 heterocycles. The van der Waals surface area contributed by atoms with Crippen LogP contribution in [0.15, 0.2) is 18.2 Å². The molecule has 2 aliphatic rings. The van der Waals surface area contributed by atoms with Gasteiger partial charge in [-0.05, 0) is 31.4 Å². The molecule has 1 spiro atoms. The summed E-state index contributed by atoms with van der Waals surface area (Å²) < 4.78 is 10.9. The molecule has 1 fully saturated rings. The Labute approximate surface area is 106 Å². The molecule has 1 N–H and O–H groups in total. The van der Waals surface area contributed by atoms with Crippen molar-refractivity contribution in [3.63, 3.8) is 0 Å². The summed E-state index contributed by atoms with van der Waals surface area (Å²) in [5.41, 5.74) is 1.46. The standard InChI is InChI=1S/C14H17NO3/c1-9-8-14(6-7-18-9)10-4-3-5-11(17-2)12(10)15-13(14)16/h3-5,9H,6-8H2,1-2H3,(H,15,16). The third kappa shape index (κ3) is 1.45. The maximum Gasteiger partial charge on any atom is 0.235 e. The number of para-hydroxylation sites is 1. The number of hydrogen-bond acceptors (Lipinski definition) is 3. The van der Waals surface area contributed by atoms with Crippen molar-refractivity contribution in [1.29, 1.82) is 0 Å². The van der Waals surface area contributed by atoms with Crippen molar-refractivity contribution in [3.05, 3.63) is 23.8 Å². The Kier molecular flexibility index (Phi) is 2.55. The molecule has 18 heavy (non-hydrogen) atoms. The minimum Gasteiger partial charge on any atom is -0.495 e. The lowest BCUT2D eigenvalue weighted by Gasteiger charge is -2.35. The van der Waals surface area contributed by atoms with Crippen molar-refractivity contribution < 1.29 is 14.3 Å². The smallest absolute Gasteiger partial charge is 0.235 e. The number of ether oxygens (including phenoxy) is 2. The lowest BCUT2D eigenvalue weighted by atomic mass is 9.73. The van der Waals surface area contributed by atoms with Crippen molar-refractivity contribution in [2.24, 2.45) is 0 Å². The Bertz CT molecular complexity index is 500. The molecule has 4 nitrogen and oxygen atoms in total. The van der Waals surface area contributed by atoms with Gasteiger partial charge in [0.05, 0.1) is 24.3 Å². The second-order valence-electron chi connectivity index (χ2n) is 5.05. The van der Waals surface area contributed by atoms with E-state index in [1.165, 1.54) is 0 Å². The van der Waals surface area contributed by atoms with E-state index in [1.807, 2.05) is 25.1 Å². The monoisotopic (exact) mass is 247 g/mol. The molecule has 0 saturated carbocycles. The number of amides is 1. The highest BCUT2D eigenvalue weighted by Crippen LogP contribution is 2.48. The first-order valence-electron chi connectivity index (χ1n) is 6.28. The fraction of sp³-hybridized carbons (Fsp3) is 0.500. The Hall–Kier alpha value is -1.55. The largest absolute Gasteiger partial charge is 0.495 e. The topological polar surface area (TPSA) is 47.6 Å². The molecule has 0 aromatic heterocycles. The molecule has 0 radical (unpaired) electrons. The summed E-state index contributed by atoms with van der Waals surface area (Å²) in [6, 6.07) is 5.84. The van der Waals surface area contributed by atoms with Gasteiger partial charge in [0.1, 0.15) is 5.75 Å². The molecule has 96 valence electrons. The zero-order chi connectivity index (χ0) is 12.8. The first-order valence-corrected chi connectivity index (χ1v) is 6.28. The number of carbonyl (C=O) groups is 1. The minimum absolute atomic E-state index is 0.0807. The van der Waals surface area contributed by atoms with Gasteiger partial charge in [-0.2, -0.15) is 0 Å². The van der Waals surface area contributed by atoms with Gasteiger partial charge in [0.25, 0.3) is 0 Å². The number of hydrogen-bond donors (Lipinski definition) is 1. The Morgan fingerprint density at radius 3 is 3.06 bits per heavy atom. The van der Waals surface area contributed by atoms with Crippen molar-refractivity contribution in [2.45, 2.75) is 31.3 Å². The van der Waals surface area contributed by atoms with E-state index in [0.29, 0.717) is 6.61 Å². The van der Waals surface area contributed by atoms with Crippen molar-refractivity contribution in [1.82, 2.24) is 0 Å². The number of anilines is 1. The molecule has 0 aliphatic carbocycles. The number of nitrogens with one attached hydrogen (secondary N) is 1. The van der Waals surface area contributed by atoms with E-state index in [0.717, 1.165) is 29.8 Å². The molecule has 3 rings (SSSR count). The van der Waals surface area contributed by atoms with E-state index >= 15 is 0 Å². The zero-order valence-electron chi connectivity index (χ0n) is 10.7. The van der Waals surface area contributed by atoms with E-state index in [4.69, 9.17) is 9.47 Å². The van der Waals surface area contributed by atoms with Crippen LogP contribution in [0.5, 0.6) is 5.75 Å². The van der Waals surface area contributed by atoms with Crippen molar-refractivity contribution >= 4 is 11.6 Å². The van der Waals surface area contributed by atoms with E-state index in [1.54, 1.807) is 7.11 Å². The maximum absolute atomic E-state index is 12.4. The van der Waals surface area contributed by atoms with Crippen molar-refractivity contribution in [2.75, 3.05) is 19.0 Å². The quantitative estimate of drug-likeness (QED) is 0.826. The zero-order valence-corrected chi connectivity index (χ0v) is 10.7. The van der Waals surface area contributed by atoms with Gasteiger partial charge in [0.15, 0.2) is 0 Å². The first-order chi connectivity index (χ1) is 8.67. The summed E-state index contributed by atoms with van der Waals surface area (Å²) in [5.74, 6) is 0.814. The highest BCUT2D eigenvalue weighted by Gasteiger charge is 2.50. The number of benzene rings is 1. The summed E-state index contributed by atoms with van der Waals surface area (Å²) in [6.07, 6.45) is 1.59. The van der Waals surface area contributed by atoms with Crippen LogP contribution in [0.3, 0.4) is 0 Å². The second kappa shape index (κ2) is 3.99. The van der Waals surface area contributed by atoms with Gasteiger partial charge in [-0.25, -0.2) is 0 Å². The molecule has 2 aliphatic heterocycles. The highest BCUT2D eigenvalue weighted by molar-refractivity contribution is 6.07. The summed E-state index contributed by atoms with van der Waals surface area (Å²) >= 11 is 0. The molecule has 1 amide bonds. The summed E-state index contributed by atoms with van der Waals surface area (Å²) in [7, 11) is 1.62. The van der Waals surface area contributed by atoms with Crippen LogP contribution in [-0.4, -0.2) is 25.7 Å². The van der Waals surface area contributed by atoms with Gasteiger partial charge >= 0.3 is 0 Å². The summed E-state index contributed by atoms with van der Waals surface area (Å²) in [6.45, 7) is 2.65.